The van der Waals surface area contributed by atoms with Crippen LogP contribution in [0.5, 0.6) is 5.75 Å². The number of aromatic nitrogens is 3. The van der Waals surface area contributed by atoms with Crippen LogP contribution in [-0.4, -0.2) is 39.9 Å². The standard InChI is InChI=1S/C22H25N5O3S/c1-13-9-14(2)20(15(3)10-13)25-19(28)12-31-22-24-18(26-27-22)11-23-21(29)16-5-7-17(30-4)8-6-16/h5-10H,11-12H2,1-4H3,(H,23,29)(H,25,28)(H,24,26,27). The van der Waals surface area contributed by atoms with Gasteiger partial charge in [-0.3, -0.25) is 14.7 Å². The van der Waals surface area contributed by atoms with Crippen molar-refractivity contribution in [2.24, 2.45) is 0 Å². The number of hydrogen-bond donors (Lipinski definition) is 3. The lowest BCUT2D eigenvalue weighted by molar-refractivity contribution is -0.113. The summed E-state index contributed by atoms with van der Waals surface area (Å²) in [6.07, 6.45) is 0. The number of nitrogens with zero attached hydrogens (tertiary/aromatic N) is 2. The summed E-state index contributed by atoms with van der Waals surface area (Å²) in [5.41, 5.74) is 4.59. The van der Waals surface area contributed by atoms with Gasteiger partial charge in [-0.15, -0.1) is 5.10 Å². The number of carbonyl (C=O) groups is 2. The Labute approximate surface area is 185 Å². The molecule has 0 radical (unpaired) electrons. The summed E-state index contributed by atoms with van der Waals surface area (Å²) >= 11 is 1.23. The van der Waals surface area contributed by atoms with Crippen LogP contribution in [0.1, 0.15) is 32.9 Å². The maximum absolute atomic E-state index is 12.3. The van der Waals surface area contributed by atoms with Crippen LogP contribution >= 0.6 is 11.8 Å². The van der Waals surface area contributed by atoms with E-state index in [0.29, 0.717) is 22.3 Å². The third-order valence-electron chi connectivity index (χ3n) is 4.55. The molecule has 2 amide bonds. The molecule has 162 valence electrons. The third kappa shape index (κ3) is 6.08. The van der Waals surface area contributed by atoms with Crippen molar-refractivity contribution in [2.75, 3.05) is 18.2 Å². The smallest absolute Gasteiger partial charge is 0.251 e. The van der Waals surface area contributed by atoms with E-state index in [-0.39, 0.29) is 24.1 Å². The number of amides is 2. The van der Waals surface area contributed by atoms with Gasteiger partial charge in [-0.1, -0.05) is 29.5 Å². The molecule has 1 heterocycles. The summed E-state index contributed by atoms with van der Waals surface area (Å²) < 4.78 is 5.08. The van der Waals surface area contributed by atoms with Crippen LogP contribution in [-0.2, 0) is 11.3 Å². The first-order valence-corrected chi connectivity index (χ1v) is 10.7. The van der Waals surface area contributed by atoms with Gasteiger partial charge in [-0.2, -0.15) is 0 Å². The minimum absolute atomic E-state index is 0.126. The van der Waals surface area contributed by atoms with Crippen LogP contribution in [0.3, 0.4) is 0 Å². The van der Waals surface area contributed by atoms with E-state index in [9.17, 15) is 9.59 Å². The number of ether oxygens (including phenoxy) is 1. The zero-order valence-electron chi connectivity index (χ0n) is 17.9. The van der Waals surface area contributed by atoms with E-state index in [4.69, 9.17) is 4.74 Å². The zero-order chi connectivity index (χ0) is 22.4. The molecule has 0 saturated carbocycles. The second kappa shape index (κ2) is 10.1. The number of aromatic amines is 1. The molecule has 0 saturated heterocycles. The Morgan fingerprint density at radius 3 is 2.42 bits per heavy atom. The number of nitrogens with one attached hydrogen (secondary N) is 3. The van der Waals surface area contributed by atoms with Crippen molar-refractivity contribution in [1.29, 1.82) is 0 Å². The first-order valence-electron chi connectivity index (χ1n) is 9.69. The van der Waals surface area contributed by atoms with Crippen molar-refractivity contribution in [1.82, 2.24) is 20.5 Å². The molecule has 3 aromatic rings. The largest absolute Gasteiger partial charge is 0.497 e. The van der Waals surface area contributed by atoms with Gasteiger partial charge in [0.05, 0.1) is 19.4 Å². The predicted octanol–water partition coefficient (Wildman–Crippen LogP) is 3.40. The first kappa shape index (κ1) is 22.4. The maximum Gasteiger partial charge on any atom is 0.251 e. The van der Waals surface area contributed by atoms with E-state index in [1.165, 1.54) is 11.8 Å². The van der Waals surface area contributed by atoms with Crippen molar-refractivity contribution in [3.63, 3.8) is 0 Å². The average molecular weight is 440 g/mol. The van der Waals surface area contributed by atoms with Gasteiger partial charge in [0, 0.05) is 11.3 Å². The number of carbonyl (C=O) groups excluding carboxylic acids is 2. The lowest BCUT2D eigenvalue weighted by Crippen LogP contribution is -2.23. The summed E-state index contributed by atoms with van der Waals surface area (Å²) in [7, 11) is 1.57. The molecule has 0 atom stereocenters. The van der Waals surface area contributed by atoms with Gasteiger partial charge in [0.15, 0.2) is 0 Å². The van der Waals surface area contributed by atoms with Crippen molar-refractivity contribution in [3.05, 3.63) is 64.5 Å². The highest BCUT2D eigenvalue weighted by Gasteiger charge is 2.12. The number of methoxy groups -OCH3 is 1. The van der Waals surface area contributed by atoms with E-state index in [0.717, 1.165) is 22.4 Å². The fourth-order valence-corrected chi connectivity index (χ4v) is 3.73. The van der Waals surface area contributed by atoms with E-state index in [1.54, 1.807) is 31.4 Å². The molecule has 2 aromatic carbocycles. The second-order valence-corrected chi connectivity index (χ2v) is 8.03. The van der Waals surface area contributed by atoms with Gasteiger partial charge >= 0.3 is 0 Å². The molecule has 9 heteroatoms. The van der Waals surface area contributed by atoms with E-state index in [2.05, 4.69) is 25.8 Å². The Hall–Kier alpha value is -3.33. The molecule has 0 aliphatic carbocycles. The van der Waals surface area contributed by atoms with Crippen molar-refractivity contribution >= 4 is 29.3 Å². The quantitative estimate of drug-likeness (QED) is 0.464. The highest BCUT2D eigenvalue weighted by Crippen LogP contribution is 2.22. The minimum Gasteiger partial charge on any atom is -0.497 e. The van der Waals surface area contributed by atoms with E-state index >= 15 is 0 Å². The molecule has 31 heavy (non-hydrogen) atoms. The highest BCUT2D eigenvalue weighted by atomic mass is 32.2. The summed E-state index contributed by atoms with van der Waals surface area (Å²) in [6.45, 7) is 6.18. The monoisotopic (exact) mass is 439 g/mol. The highest BCUT2D eigenvalue weighted by molar-refractivity contribution is 7.99. The molecular weight excluding hydrogens is 414 g/mol. The van der Waals surface area contributed by atoms with Crippen LogP contribution in [0.2, 0.25) is 0 Å². The lowest BCUT2D eigenvalue weighted by atomic mass is 10.1. The van der Waals surface area contributed by atoms with Crippen molar-refractivity contribution in [3.8, 4) is 5.75 Å². The van der Waals surface area contributed by atoms with Gasteiger partial charge in [0.1, 0.15) is 11.6 Å². The number of hydrogen-bond acceptors (Lipinski definition) is 6. The average Bonchev–Trinajstić information content (AvgIpc) is 3.21. The van der Waals surface area contributed by atoms with Crippen molar-refractivity contribution in [2.45, 2.75) is 32.5 Å². The normalized spacial score (nSPS) is 10.6. The summed E-state index contributed by atoms with van der Waals surface area (Å²) in [5, 5.41) is 13.1. The molecule has 0 fully saturated rings. The molecule has 1 aromatic heterocycles. The van der Waals surface area contributed by atoms with Crippen LogP contribution in [0, 0.1) is 20.8 Å². The molecule has 3 rings (SSSR count). The van der Waals surface area contributed by atoms with Gasteiger partial charge in [-0.05, 0) is 56.2 Å². The summed E-state index contributed by atoms with van der Waals surface area (Å²) in [6, 6.07) is 10.9. The van der Waals surface area contributed by atoms with Crippen LogP contribution < -0.4 is 15.4 Å². The number of thioether (sulfide) groups is 1. The van der Waals surface area contributed by atoms with Gasteiger partial charge < -0.3 is 15.4 Å². The van der Waals surface area contributed by atoms with Crippen molar-refractivity contribution < 1.29 is 14.3 Å². The molecule has 0 aliphatic rings. The van der Waals surface area contributed by atoms with Gasteiger partial charge in [0.25, 0.3) is 5.91 Å². The summed E-state index contributed by atoms with van der Waals surface area (Å²) in [4.78, 5) is 28.9. The van der Waals surface area contributed by atoms with Crippen LogP contribution in [0.25, 0.3) is 0 Å². The maximum atomic E-state index is 12.3. The molecule has 0 aliphatic heterocycles. The Balaban J connectivity index is 1.48. The minimum atomic E-state index is -0.225. The Morgan fingerprint density at radius 1 is 1.10 bits per heavy atom. The number of H-pyrrole nitrogens is 1. The topological polar surface area (TPSA) is 109 Å². The second-order valence-electron chi connectivity index (χ2n) is 7.09. The molecule has 8 nitrogen and oxygen atoms in total. The molecular formula is C22H25N5O3S. The fourth-order valence-electron chi connectivity index (χ4n) is 3.11. The van der Waals surface area contributed by atoms with E-state index < -0.39 is 0 Å². The Morgan fingerprint density at radius 2 is 1.77 bits per heavy atom. The third-order valence-corrected chi connectivity index (χ3v) is 5.40. The van der Waals surface area contributed by atoms with E-state index in [1.807, 2.05) is 32.9 Å². The zero-order valence-corrected chi connectivity index (χ0v) is 18.7. The molecule has 0 bridgehead atoms. The SMILES string of the molecule is COc1ccc(C(=O)NCc2nc(SCC(=O)Nc3c(C)cc(C)cc3C)n[nH]2)cc1. The number of anilines is 1. The molecule has 3 N–H and O–H groups in total. The van der Waals surface area contributed by atoms with Gasteiger partial charge in [-0.25, -0.2) is 4.98 Å². The number of rotatable bonds is 8. The molecule has 0 unspecified atom stereocenters. The Kier molecular flexibility index (Phi) is 7.30. The molecule has 0 spiro atoms. The Bertz CT molecular complexity index is 1060. The number of benzene rings is 2. The van der Waals surface area contributed by atoms with Crippen LogP contribution in [0.4, 0.5) is 5.69 Å². The van der Waals surface area contributed by atoms with Gasteiger partial charge in [0.2, 0.25) is 11.1 Å². The van der Waals surface area contributed by atoms with Crippen LogP contribution in [0.15, 0.2) is 41.6 Å². The summed E-state index contributed by atoms with van der Waals surface area (Å²) in [5.74, 6) is 1.03. The predicted molar refractivity (Wildman–Crippen MR) is 121 cm³/mol. The first-order chi connectivity index (χ1) is 14.9. The fraction of sp³-hybridized carbons (Fsp3) is 0.273. The lowest BCUT2D eigenvalue weighted by Gasteiger charge is -2.12. The number of aryl methyl sites for hydroxylation is 3.